The predicted octanol–water partition coefficient (Wildman–Crippen LogP) is 2.01. The van der Waals surface area contributed by atoms with Crippen LogP contribution in [0.5, 0.6) is 5.75 Å². The molecule has 0 aromatic heterocycles. The maximum absolute atomic E-state index is 14.0. The summed E-state index contributed by atoms with van der Waals surface area (Å²) in [5.74, 6) is -9.50. The normalized spacial score (nSPS) is 22.1. The van der Waals surface area contributed by atoms with Crippen molar-refractivity contribution in [3.63, 3.8) is 0 Å². The summed E-state index contributed by atoms with van der Waals surface area (Å²) in [5.41, 5.74) is -1.09. The Morgan fingerprint density at radius 1 is 1.14 bits per heavy atom. The second-order valence-electron chi connectivity index (χ2n) is 4.49. The van der Waals surface area contributed by atoms with Crippen molar-refractivity contribution in [2.45, 2.75) is 22.5 Å². The maximum Gasteiger partial charge on any atom is 0.459 e. The van der Waals surface area contributed by atoms with E-state index in [1.807, 2.05) is 0 Å². The van der Waals surface area contributed by atoms with E-state index in [0.717, 1.165) is 0 Å². The molecule has 122 valence electrons. The third kappa shape index (κ3) is 1.78. The zero-order chi connectivity index (χ0) is 16.3. The highest BCUT2D eigenvalue weighted by Gasteiger charge is 2.70. The Kier molecular flexibility index (Phi) is 3.17. The Morgan fingerprint density at radius 3 is 2.27 bits per heavy atom. The number of fused-ring (bicyclic) bond motifs is 2. The summed E-state index contributed by atoms with van der Waals surface area (Å²) in [6.45, 7) is -0.744. The van der Waals surface area contributed by atoms with Gasteiger partial charge in [-0.15, -0.1) is 0 Å². The summed E-state index contributed by atoms with van der Waals surface area (Å²) in [5, 5.41) is 0. The molecule has 3 rings (SSSR count). The molecular formula is C11H7F5O5S. The summed E-state index contributed by atoms with van der Waals surface area (Å²) < 4.78 is 104. The number of sulfone groups is 1. The van der Waals surface area contributed by atoms with E-state index in [-0.39, 0.29) is 13.2 Å². The number of hydrogen-bond donors (Lipinski definition) is 0. The molecule has 0 bridgehead atoms. The van der Waals surface area contributed by atoms with Crippen LogP contribution in [-0.2, 0) is 25.1 Å². The minimum absolute atomic E-state index is 0.372. The summed E-state index contributed by atoms with van der Waals surface area (Å²) in [6.07, 6.45) is -4.28. The third-order valence-electron chi connectivity index (χ3n) is 3.25. The number of halogens is 5. The molecule has 5 nitrogen and oxygen atoms in total. The zero-order valence-electron chi connectivity index (χ0n) is 10.5. The van der Waals surface area contributed by atoms with Crippen LogP contribution in [0.25, 0.3) is 0 Å². The van der Waals surface area contributed by atoms with Crippen molar-refractivity contribution in [2.75, 3.05) is 13.2 Å². The summed E-state index contributed by atoms with van der Waals surface area (Å²) >= 11 is 0. The summed E-state index contributed by atoms with van der Waals surface area (Å²) in [7, 11) is -5.31. The fourth-order valence-electron chi connectivity index (χ4n) is 2.35. The fraction of sp³-hybridized carbons (Fsp3) is 0.455. The van der Waals surface area contributed by atoms with Crippen molar-refractivity contribution in [3.05, 3.63) is 23.5 Å². The highest BCUT2D eigenvalue weighted by atomic mass is 32.2. The highest BCUT2D eigenvalue weighted by Crippen LogP contribution is 2.57. The molecule has 2 aliphatic rings. The van der Waals surface area contributed by atoms with Crippen molar-refractivity contribution < 1.29 is 44.6 Å². The van der Waals surface area contributed by atoms with Gasteiger partial charge in [-0.05, 0) is 12.1 Å². The van der Waals surface area contributed by atoms with E-state index < -0.39 is 49.5 Å². The first kappa shape index (κ1) is 15.4. The Bertz CT molecular complexity index is 727. The Labute approximate surface area is 120 Å². The van der Waals surface area contributed by atoms with Crippen LogP contribution in [0.15, 0.2) is 17.0 Å². The molecule has 11 heteroatoms. The summed E-state index contributed by atoms with van der Waals surface area (Å²) in [4.78, 5) is -1.22. The number of alkyl halides is 4. The van der Waals surface area contributed by atoms with E-state index >= 15 is 0 Å². The van der Waals surface area contributed by atoms with Crippen LogP contribution in [-0.4, -0.2) is 33.5 Å². The van der Waals surface area contributed by atoms with Crippen molar-refractivity contribution in [1.82, 2.24) is 0 Å². The van der Waals surface area contributed by atoms with Gasteiger partial charge in [-0.2, -0.15) is 17.6 Å². The van der Waals surface area contributed by atoms with E-state index in [1.165, 1.54) is 0 Å². The largest absolute Gasteiger partial charge is 0.459 e. The molecule has 0 atom stereocenters. The van der Waals surface area contributed by atoms with Crippen LogP contribution < -0.4 is 4.74 Å². The van der Waals surface area contributed by atoms with Crippen molar-refractivity contribution in [1.29, 1.82) is 0 Å². The zero-order valence-corrected chi connectivity index (χ0v) is 11.3. The maximum atomic E-state index is 14.0. The van der Waals surface area contributed by atoms with Crippen molar-refractivity contribution in [3.8, 4) is 5.75 Å². The van der Waals surface area contributed by atoms with Gasteiger partial charge in [0.1, 0.15) is 0 Å². The molecule has 2 aliphatic heterocycles. The van der Waals surface area contributed by atoms with Gasteiger partial charge in [0.25, 0.3) is 0 Å². The van der Waals surface area contributed by atoms with Crippen LogP contribution in [0, 0.1) is 5.82 Å². The van der Waals surface area contributed by atoms with Crippen molar-refractivity contribution in [2.24, 2.45) is 0 Å². The van der Waals surface area contributed by atoms with E-state index in [2.05, 4.69) is 4.74 Å². The minimum atomic E-state index is -5.31. The van der Waals surface area contributed by atoms with Crippen LogP contribution in [0.4, 0.5) is 22.0 Å². The van der Waals surface area contributed by atoms with E-state index in [4.69, 9.17) is 9.47 Å². The number of benzene rings is 1. The predicted molar refractivity (Wildman–Crippen MR) is 58.7 cm³/mol. The molecule has 1 spiro atoms. The molecule has 2 heterocycles. The fourth-order valence-corrected chi connectivity index (χ4v) is 3.31. The molecule has 0 N–H and O–H groups in total. The van der Waals surface area contributed by atoms with Crippen LogP contribution >= 0.6 is 0 Å². The van der Waals surface area contributed by atoms with Gasteiger partial charge < -0.3 is 14.2 Å². The Balaban J connectivity index is 2.35. The average Bonchev–Trinajstić information content (AvgIpc) is 2.98. The van der Waals surface area contributed by atoms with E-state index in [1.54, 1.807) is 0 Å². The first-order valence-electron chi connectivity index (χ1n) is 5.83. The number of rotatable bonds is 2. The molecule has 0 saturated carbocycles. The van der Waals surface area contributed by atoms with Gasteiger partial charge in [-0.3, -0.25) is 0 Å². The van der Waals surface area contributed by atoms with E-state index in [9.17, 15) is 30.4 Å². The first-order valence-corrected chi connectivity index (χ1v) is 7.38. The Hall–Kier alpha value is -1.46. The quantitative estimate of drug-likeness (QED) is 0.606. The molecule has 1 fully saturated rings. The molecule has 0 unspecified atom stereocenters. The minimum Gasteiger partial charge on any atom is -0.425 e. The molecule has 0 aliphatic carbocycles. The van der Waals surface area contributed by atoms with Gasteiger partial charge in [0.2, 0.25) is 9.84 Å². The lowest BCUT2D eigenvalue weighted by Crippen LogP contribution is -2.46. The molecule has 22 heavy (non-hydrogen) atoms. The lowest BCUT2D eigenvalue weighted by Gasteiger charge is -2.27. The molecule has 1 saturated heterocycles. The number of hydrogen-bond acceptors (Lipinski definition) is 5. The molecular weight excluding hydrogens is 339 g/mol. The molecule has 1 aromatic carbocycles. The topological polar surface area (TPSA) is 61.8 Å². The standard InChI is InChI=1S/C11H7F5O5S/c12-5-1-2-6(22(17,18)9(13)14)7-8(5)21-11(15,16)10(7)19-3-4-20-10/h1-2,9H,3-4H2. The van der Waals surface area contributed by atoms with Crippen LogP contribution in [0.2, 0.25) is 0 Å². The second kappa shape index (κ2) is 4.52. The van der Waals surface area contributed by atoms with Crippen LogP contribution in [0.3, 0.4) is 0 Å². The molecule has 1 aromatic rings. The van der Waals surface area contributed by atoms with Gasteiger partial charge >= 0.3 is 17.7 Å². The van der Waals surface area contributed by atoms with Gasteiger partial charge in [-0.25, -0.2) is 12.8 Å². The van der Waals surface area contributed by atoms with Gasteiger partial charge in [0.05, 0.1) is 23.7 Å². The lowest BCUT2D eigenvalue weighted by atomic mass is 10.1. The van der Waals surface area contributed by atoms with Crippen molar-refractivity contribution >= 4 is 9.84 Å². The van der Waals surface area contributed by atoms with Gasteiger partial charge in [-0.1, -0.05) is 0 Å². The Morgan fingerprint density at radius 2 is 1.73 bits per heavy atom. The van der Waals surface area contributed by atoms with E-state index in [0.29, 0.717) is 12.1 Å². The van der Waals surface area contributed by atoms with Crippen LogP contribution in [0.1, 0.15) is 5.56 Å². The average molecular weight is 346 g/mol. The monoisotopic (exact) mass is 346 g/mol. The number of ether oxygens (including phenoxy) is 3. The lowest BCUT2D eigenvalue weighted by molar-refractivity contribution is -0.355. The smallest absolute Gasteiger partial charge is 0.425 e. The summed E-state index contributed by atoms with van der Waals surface area (Å²) in [6, 6.07) is 0.894. The third-order valence-corrected chi connectivity index (χ3v) is 4.67. The molecule has 0 amide bonds. The molecule has 0 radical (unpaired) electrons. The highest BCUT2D eigenvalue weighted by molar-refractivity contribution is 7.91. The second-order valence-corrected chi connectivity index (χ2v) is 6.37. The van der Waals surface area contributed by atoms with Gasteiger partial charge in [0.15, 0.2) is 11.6 Å². The van der Waals surface area contributed by atoms with Gasteiger partial charge in [0, 0.05) is 0 Å². The SMILES string of the molecule is O=S(=O)(c1ccc(F)c2c1C1(OCCO1)C(F)(F)O2)C(F)F. The first-order chi connectivity index (χ1) is 10.1.